The molecule has 3 aromatic rings. The van der Waals surface area contributed by atoms with Crippen LogP contribution in [0.25, 0.3) is 21.6 Å². The number of fused-ring (bicyclic) bond motifs is 5. The summed E-state index contributed by atoms with van der Waals surface area (Å²) in [7, 11) is 0. The Bertz CT molecular complexity index is 1030. The van der Waals surface area contributed by atoms with Crippen LogP contribution >= 0.6 is 11.3 Å². The van der Waals surface area contributed by atoms with Crippen LogP contribution in [0.15, 0.2) is 42.5 Å². The lowest BCUT2D eigenvalue weighted by Gasteiger charge is -2.27. The highest BCUT2D eigenvalue weighted by atomic mass is 32.1. The van der Waals surface area contributed by atoms with Crippen molar-refractivity contribution >= 4 is 16.3 Å². The highest BCUT2D eigenvalue weighted by molar-refractivity contribution is 7.20. The largest absolute Gasteiger partial charge is 0.384 e. The first-order chi connectivity index (χ1) is 13.1. The summed E-state index contributed by atoms with van der Waals surface area (Å²) in [6, 6.07) is 12.0. The van der Waals surface area contributed by atoms with E-state index in [0.717, 1.165) is 34.6 Å². The number of thiophene rings is 1. The molecule has 2 heterocycles. The van der Waals surface area contributed by atoms with Crippen LogP contribution in [0.1, 0.15) is 17.2 Å². The molecule has 27 heavy (non-hydrogen) atoms. The van der Waals surface area contributed by atoms with E-state index in [9.17, 15) is 13.9 Å². The Kier molecular flexibility index (Phi) is 4.00. The van der Waals surface area contributed by atoms with Gasteiger partial charge < -0.3 is 14.7 Å². The van der Waals surface area contributed by atoms with Gasteiger partial charge in [-0.15, -0.1) is 11.3 Å². The predicted octanol–water partition coefficient (Wildman–Crippen LogP) is 4.59. The van der Waals surface area contributed by atoms with Gasteiger partial charge in [-0.1, -0.05) is 30.3 Å². The summed E-state index contributed by atoms with van der Waals surface area (Å²) in [4.78, 5) is 3.06. The molecule has 0 spiro atoms. The third kappa shape index (κ3) is 2.59. The van der Waals surface area contributed by atoms with Gasteiger partial charge in [-0.3, -0.25) is 0 Å². The van der Waals surface area contributed by atoms with Gasteiger partial charge in [0.2, 0.25) is 0 Å². The van der Waals surface area contributed by atoms with Crippen molar-refractivity contribution in [1.29, 1.82) is 0 Å². The summed E-state index contributed by atoms with van der Waals surface area (Å²) in [6.07, 6.45) is -1.00. The number of anilines is 1. The van der Waals surface area contributed by atoms with Crippen molar-refractivity contribution in [2.24, 2.45) is 0 Å². The van der Waals surface area contributed by atoms with Gasteiger partial charge in [-0.25, -0.2) is 8.78 Å². The highest BCUT2D eigenvalue weighted by Crippen LogP contribution is 2.51. The maximum Gasteiger partial charge on any atom is 0.167 e. The highest BCUT2D eigenvalue weighted by Gasteiger charge is 2.31. The maximum absolute atomic E-state index is 14.9. The van der Waals surface area contributed by atoms with E-state index in [-0.39, 0.29) is 5.56 Å². The van der Waals surface area contributed by atoms with Crippen molar-refractivity contribution in [1.82, 2.24) is 0 Å². The average molecular weight is 385 g/mol. The number of halogens is 2. The summed E-state index contributed by atoms with van der Waals surface area (Å²) < 4.78 is 34.4. The standard InChI is InChI=1S/C21H17F2NO2S/c22-16-6-5-14-18(19(16)23)15-11-17(24-7-9-26-10-8-24)27-21(15)13-4-2-1-3-12(13)20(14)25/h1-6,11,20,25H,7-10H2. The van der Waals surface area contributed by atoms with Crippen molar-refractivity contribution in [3.8, 4) is 21.6 Å². The Morgan fingerprint density at radius 1 is 1.00 bits per heavy atom. The Morgan fingerprint density at radius 3 is 2.59 bits per heavy atom. The Labute approximate surface area is 159 Å². The van der Waals surface area contributed by atoms with Crippen molar-refractivity contribution in [3.05, 3.63) is 65.2 Å². The van der Waals surface area contributed by atoms with Crippen LogP contribution in [-0.2, 0) is 4.74 Å². The van der Waals surface area contributed by atoms with E-state index in [2.05, 4.69) is 4.90 Å². The number of aliphatic hydroxyl groups excluding tert-OH is 1. The van der Waals surface area contributed by atoms with Crippen LogP contribution in [0.2, 0.25) is 0 Å². The third-order valence-electron chi connectivity index (χ3n) is 5.23. The van der Waals surface area contributed by atoms with Gasteiger partial charge >= 0.3 is 0 Å². The fourth-order valence-corrected chi connectivity index (χ4v) is 5.14. The molecule has 138 valence electrons. The van der Waals surface area contributed by atoms with Crippen LogP contribution < -0.4 is 4.90 Å². The smallest absolute Gasteiger partial charge is 0.167 e. The molecule has 1 aliphatic heterocycles. The fraction of sp³-hybridized carbons (Fsp3) is 0.238. The lowest BCUT2D eigenvalue weighted by atomic mass is 9.95. The molecular formula is C21H17F2NO2S. The summed E-state index contributed by atoms with van der Waals surface area (Å²) in [5.41, 5.74) is 2.76. The molecule has 1 fully saturated rings. The molecule has 1 unspecified atom stereocenters. The number of nitrogens with zero attached hydrogens (tertiary/aromatic N) is 1. The van der Waals surface area contributed by atoms with Gasteiger partial charge in [-0.05, 0) is 28.8 Å². The topological polar surface area (TPSA) is 32.7 Å². The van der Waals surface area contributed by atoms with Crippen LogP contribution in [0.4, 0.5) is 13.8 Å². The van der Waals surface area contributed by atoms with Crippen molar-refractivity contribution in [2.45, 2.75) is 6.10 Å². The summed E-state index contributed by atoms with van der Waals surface area (Å²) in [5, 5.41) is 11.9. The molecule has 1 N–H and O–H groups in total. The normalized spacial score (nSPS) is 18.5. The molecule has 0 bridgehead atoms. The van der Waals surface area contributed by atoms with Crippen molar-refractivity contribution < 1.29 is 18.6 Å². The average Bonchev–Trinajstić information content (AvgIpc) is 3.11. The first kappa shape index (κ1) is 16.9. The minimum atomic E-state index is -1.00. The maximum atomic E-state index is 14.9. The fourth-order valence-electron chi connectivity index (χ4n) is 3.88. The lowest BCUT2D eigenvalue weighted by molar-refractivity contribution is 0.123. The Balaban J connectivity index is 1.80. The van der Waals surface area contributed by atoms with Gasteiger partial charge in [0.1, 0.15) is 6.10 Å². The number of rotatable bonds is 1. The van der Waals surface area contributed by atoms with E-state index in [0.29, 0.717) is 29.9 Å². The first-order valence-corrected chi connectivity index (χ1v) is 9.69. The minimum Gasteiger partial charge on any atom is -0.384 e. The van der Waals surface area contributed by atoms with Crippen LogP contribution in [0.3, 0.4) is 0 Å². The number of aliphatic hydroxyl groups is 1. The van der Waals surface area contributed by atoms with Crippen LogP contribution in [0, 0.1) is 11.6 Å². The van der Waals surface area contributed by atoms with Gasteiger partial charge in [0.15, 0.2) is 11.6 Å². The molecule has 0 saturated carbocycles. The molecule has 2 aliphatic rings. The van der Waals surface area contributed by atoms with E-state index < -0.39 is 17.7 Å². The van der Waals surface area contributed by atoms with E-state index in [1.54, 1.807) is 11.3 Å². The predicted molar refractivity (Wildman–Crippen MR) is 102 cm³/mol. The molecule has 3 nitrogen and oxygen atoms in total. The molecule has 0 amide bonds. The number of benzene rings is 2. The zero-order chi connectivity index (χ0) is 18.5. The van der Waals surface area contributed by atoms with E-state index in [1.807, 2.05) is 30.3 Å². The molecule has 2 aromatic carbocycles. The summed E-state index contributed by atoms with van der Waals surface area (Å²) in [6.45, 7) is 2.83. The lowest BCUT2D eigenvalue weighted by Crippen LogP contribution is -2.35. The quantitative estimate of drug-likeness (QED) is 0.665. The Hall–Kier alpha value is -2.28. The molecule has 1 saturated heterocycles. The number of hydrogen-bond acceptors (Lipinski definition) is 4. The molecule has 1 atom stereocenters. The van der Waals surface area contributed by atoms with Gasteiger partial charge in [0, 0.05) is 29.1 Å². The molecular weight excluding hydrogens is 368 g/mol. The monoisotopic (exact) mass is 385 g/mol. The second-order valence-corrected chi connectivity index (χ2v) is 7.77. The molecule has 5 rings (SSSR count). The SMILES string of the molecule is OC1c2ccccc2-c2sc(N3CCOCC3)cc2-c2c1ccc(F)c2F. The van der Waals surface area contributed by atoms with Crippen LogP contribution in [0.5, 0.6) is 0 Å². The molecule has 6 heteroatoms. The van der Waals surface area contributed by atoms with E-state index in [4.69, 9.17) is 4.74 Å². The van der Waals surface area contributed by atoms with Crippen LogP contribution in [-0.4, -0.2) is 31.4 Å². The second-order valence-electron chi connectivity index (χ2n) is 6.74. The van der Waals surface area contributed by atoms with Crippen molar-refractivity contribution in [3.63, 3.8) is 0 Å². The third-order valence-corrected chi connectivity index (χ3v) is 6.46. The van der Waals surface area contributed by atoms with E-state index in [1.165, 1.54) is 6.07 Å². The molecule has 1 aliphatic carbocycles. The second kappa shape index (κ2) is 6.41. The molecule has 0 radical (unpaired) electrons. The number of morpholine rings is 1. The molecule has 1 aromatic heterocycles. The number of hydrogen-bond donors (Lipinski definition) is 1. The zero-order valence-electron chi connectivity index (χ0n) is 14.4. The van der Waals surface area contributed by atoms with E-state index >= 15 is 0 Å². The zero-order valence-corrected chi connectivity index (χ0v) is 15.2. The first-order valence-electron chi connectivity index (χ1n) is 8.87. The van der Waals surface area contributed by atoms with Gasteiger partial charge in [0.05, 0.1) is 18.2 Å². The van der Waals surface area contributed by atoms with Gasteiger partial charge in [-0.2, -0.15) is 0 Å². The van der Waals surface area contributed by atoms with Crippen molar-refractivity contribution in [2.75, 3.05) is 31.2 Å². The summed E-state index contributed by atoms with van der Waals surface area (Å²) >= 11 is 1.55. The minimum absolute atomic E-state index is 0.157. The number of ether oxygens (including phenoxy) is 1. The Morgan fingerprint density at radius 2 is 1.78 bits per heavy atom. The van der Waals surface area contributed by atoms with Gasteiger partial charge in [0.25, 0.3) is 0 Å². The summed E-state index contributed by atoms with van der Waals surface area (Å²) in [5.74, 6) is -1.82.